The lowest BCUT2D eigenvalue weighted by Gasteiger charge is -2.12. The van der Waals surface area contributed by atoms with Gasteiger partial charge in [-0.25, -0.2) is 4.39 Å². The summed E-state index contributed by atoms with van der Waals surface area (Å²) >= 11 is 0. The van der Waals surface area contributed by atoms with Crippen LogP contribution in [0, 0.1) is 5.82 Å². The van der Waals surface area contributed by atoms with Crippen LogP contribution in [-0.2, 0) is 11.2 Å². The molecule has 0 amide bonds. The Hall–Kier alpha value is -3.04. The number of ether oxygens (including phenoxy) is 1. The first kappa shape index (κ1) is 26.6. The third kappa shape index (κ3) is 8.60. The second-order valence-electron chi connectivity index (χ2n) is 9.07. The first-order valence-corrected chi connectivity index (χ1v) is 12.8. The lowest BCUT2D eigenvalue weighted by molar-refractivity contribution is 0.0566. The van der Waals surface area contributed by atoms with E-state index < -0.39 is 0 Å². The van der Waals surface area contributed by atoms with Crippen molar-refractivity contribution in [3.05, 3.63) is 96.5 Å². The first-order chi connectivity index (χ1) is 17.1. The van der Waals surface area contributed by atoms with Gasteiger partial charge in [0, 0.05) is 23.9 Å². The number of hydrogen-bond donors (Lipinski definition) is 0. The van der Waals surface area contributed by atoms with Crippen LogP contribution in [-0.4, -0.2) is 17.7 Å². The number of pyridine rings is 1. The van der Waals surface area contributed by atoms with Gasteiger partial charge in [-0.15, -0.1) is 6.58 Å². The molecule has 1 unspecified atom stereocenters. The summed E-state index contributed by atoms with van der Waals surface area (Å²) < 4.78 is 20.1. The summed E-state index contributed by atoms with van der Waals surface area (Å²) in [4.78, 5) is 4.57. The van der Waals surface area contributed by atoms with Gasteiger partial charge in [0.25, 0.3) is 0 Å². The molecule has 0 saturated heterocycles. The predicted octanol–water partition coefficient (Wildman–Crippen LogP) is 9.06. The van der Waals surface area contributed by atoms with Crippen molar-refractivity contribution in [1.82, 2.24) is 4.98 Å². The average Bonchev–Trinajstić information content (AvgIpc) is 2.88. The van der Waals surface area contributed by atoms with E-state index >= 15 is 0 Å². The molecule has 0 aliphatic heterocycles. The highest BCUT2D eigenvalue weighted by atomic mass is 19.1. The summed E-state index contributed by atoms with van der Waals surface area (Å²) in [6.45, 7) is 8.95. The summed E-state index contributed by atoms with van der Waals surface area (Å²) in [5.74, 6) is -0.220. The van der Waals surface area contributed by atoms with Crippen molar-refractivity contribution in [3.8, 4) is 22.4 Å². The number of unbranched alkanes of at least 4 members (excludes halogenated alkanes) is 3. The smallest absolute Gasteiger partial charge is 0.127 e. The van der Waals surface area contributed by atoms with E-state index in [0.717, 1.165) is 48.3 Å². The van der Waals surface area contributed by atoms with Crippen LogP contribution in [0.4, 0.5) is 4.39 Å². The van der Waals surface area contributed by atoms with Gasteiger partial charge >= 0.3 is 0 Å². The van der Waals surface area contributed by atoms with E-state index in [1.54, 1.807) is 18.2 Å². The highest BCUT2D eigenvalue weighted by Crippen LogP contribution is 2.25. The Bertz CT molecular complexity index is 1070. The number of hydrogen-bond acceptors (Lipinski definition) is 2. The van der Waals surface area contributed by atoms with Crippen molar-refractivity contribution < 1.29 is 9.13 Å². The van der Waals surface area contributed by atoms with Gasteiger partial charge in [-0.3, -0.25) is 4.98 Å². The van der Waals surface area contributed by atoms with Gasteiger partial charge in [0.15, 0.2) is 0 Å². The zero-order valence-corrected chi connectivity index (χ0v) is 21.2. The quantitative estimate of drug-likeness (QED) is 0.173. The topological polar surface area (TPSA) is 22.1 Å². The van der Waals surface area contributed by atoms with E-state index in [1.807, 2.05) is 24.4 Å². The van der Waals surface area contributed by atoms with Crippen LogP contribution in [0.3, 0.4) is 0 Å². The largest absolute Gasteiger partial charge is 0.379 e. The van der Waals surface area contributed by atoms with E-state index in [-0.39, 0.29) is 5.82 Å². The van der Waals surface area contributed by atoms with Crippen LogP contribution in [0.5, 0.6) is 0 Å². The van der Waals surface area contributed by atoms with Crippen molar-refractivity contribution in [3.63, 3.8) is 0 Å². The van der Waals surface area contributed by atoms with Crippen LogP contribution in [0.15, 0.2) is 79.5 Å². The molecule has 0 aliphatic rings. The fourth-order valence-corrected chi connectivity index (χ4v) is 4.01. The lowest BCUT2D eigenvalue weighted by Crippen LogP contribution is -2.08. The molecule has 3 rings (SSSR count). The van der Waals surface area contributed by atoms with Gasteiger partial charge in [-0.2, -0.15) is 0 Å². The molecule has 35 heavy (non-hydrogen) atoms. The van der Waals surface area contributed by atoms with E-state index in [2.05, 4.69) is 61.8 Å². The zero-order valence-electron chi connectivity index (χ0n) is 21.2. The normalized spacial score (nSPS) is 12.2. The van der Waals surface area contributed by atoms with Crippen LogP contribution in [0.1, 0.15) is 63.5 Å². The minimum Gasteiger partial charge on any atom is -0.379 e. The van der Waals surface area contributed by atoms with Gasteiger partial charge < -0.3 is 4.74 Å². The summed E-state index contributed by atoms with van der Waals surface area (Å²) in [5, 5.41) is 0. The molecule has 3 aromatic rings. The van der Waals surface area contributed by atoms with Crippen LogP contribution in [0.25, 0.3) is 28.5 Å². The Morgan fingerprint density at radius 1 is 0.971 bits per heavy atom. The van der Waals surface area contributed by atoms with Crippen LogP contribution < -0.4 is 0 Å². The maximum atomic E-state index is 14.3. The Morgan fingerprint density at radius 2 is 1.74 bits per heavy atom. The molecule has 2 aromatic carbocycles. The average molecular weight is 472 g/mol. The predicted molar refractivity (Wildman–Crippen MR) is 147 cm³/mol. The molecule has 1 atom stereocenters. The Morgan fingerprint density at radius 3 is 2.43 bits per heavy atom. The fourth-order valence-electron chi connectivity index (χ4n) is 4.01. The highest BCUT2D eigenvalue weighted by molar-refractivity contribution is 5.68. The first-order valence-electron chi connectivity index (χ1n) is 12.8. The molecule has 2 nitrogen and oxygen atoms in total. The summed E-state index contributed by atoms with van der Waals surface area (Å²) in [6.07, 6.45) is 15.8. The molecule has 1 heterocycles. The highest BCUT2D eigenvalue weighted by Gasteiger charge is 2.06. The number of rotatable bonds is 14. The fraction of sp³-hybridized carbons (Fsp3) is 0.344. The van der Waals surface area contributed by atoms with Crippen LogP contribution >= 0.6 is 0 Å². The SMILES string of the molecule is C=CCc1ccc(-c2ccc(-c3ccc(/C=C/CCCC(C)OCCCCC)cc3)cn2)cc1F. The summed E-state index contributed by atoms with van der Waals surface area (Å²) in [5.41, 5.74) is 5.54. The minimum atomic E-state index is -0.220. The Balaban J connectivity index is 1.49. The van der Waals surface area contributed by atoms with Crippen molar-refractivity contribution in [2.75, 3.05) is 6.61 Å². The van der Waals surface area contributed by atoms with Crippen molar-refractivity contribution in [2.45, 2.75) is 64.9 Å². The minimum absolute atomic E-state index is 0.220. The number of benzene rings is 2. The Kier molecular flexibility index (Phi) is 10.9. The molecule has 0 aliphatic carbocycles. The molecule has 0 fully saturated rings. The molecule has 184 valence electrons. The second-order valence-corrected chi connectivity index (χ2v) is 9.07. The van der Waals surface area contributed by atoms with E-state index in [4.69, 9.17) is 4.74 Å². The van der Waals surface area contributed by atoms with Crippen molar-refractivity contribution in [2.24, 2.45) is 0 Å². The van der Waals surface area contributed by atoms with E-state index in [9.17, 15) is 4.39 Å². The third-order valence-corrected chi connectivity index (χ3v) is 6.16. The maximum absolute atomic E-state index is 14.3. The molecule has 0 N–H and O–H groups in total. The number of halogens is 1. The molecular formula is C32H38FNO. The van der Waals surface area contributed by atoms with Crippen molar-refractivity contribution >= 4 is 6.08 Å². The lowest BCUT2D eigenvalue weighted by atomic mass is 10.0. The van der Waals surface area contributed by atoms with Gasteiger partial charge in [0.05, 0.1) is 11.8 Å². The number of nitrogens with zero attached hydrogens (tertiary/aromatic N) is 1. The molecule has 0 radical (unpaired) electrons. The molecular weight excluding hydrogens is 433 g/mol. The number of aromatic nitrogens is 1. The Labute approximate surface area is 210 Å². The van der Waals surface area contributed by atoms with Gasteiger partial charge in [-0.05, 0) is 67.9 Å². The van der Waals surface area contributed by atoms with Gasteiger partial charge in [0.1, 0.15) is 5.82 Å². The monoisotopic (exact) mass is 471 g/mol. The van der Waals surface area contributed by atoms with E-state index in [0.29, 0.717) is 18.1 Å². The zero-order chi connectivity index (χ0) is 24.9. The molecule has 3 heteroatoms. The second kappa shape index (κ2) is 14.4. The van der Waals surface area contributed by atoms with Gasteiger partial charge in [0.2, 0.25) is 0 Å². The third-order valence-electron chi connectivity index (χ3n) is 6.16. The molecule has 1 aromatic heterocycles. The maximum Gasteiger partial charge on any atom is 0.127 e. The van der Waals surface area contributed by atoms with Gasteiger partial charge in [-0.1, -0.05) is 80.5 Å². The molecule has 0 saturated carbocycles. The number of allylic oxidation sites excluding steroid dienone is 2. The van der Waals surface area contributed by atoms with Crippen molar-refractivity contribution in [1.29, 1.82) is 0 Å². The summed E-state index contributed by atoms with van der Waals surface area (Å²) in [6, 6.07) is 17.7. The molecule has 0 bridgehead atoms. The molecule has 0 spiro atoms. The van der Waals surface area contributed by atoms with E-state index in [1.165, 1.54) is 24.8 Å². The summed E-state index contributed by atoms with van der Waals surface area (Å²) in [7, 11) is 0. The standard InChI is InChI=1S/C32H38FNO/c1-4-6-10-22-35-25(3)12-8-7-9-13-26-14-16-27(17-15-26)30-20-21-32(34-24-30)29-19-18-28(11-5-2)31(33)23-29/h5,9,13-21,23-25H,2,4,6-8,10-12,22H2,1,3H3/b13-9+. The van der Waals surface area contributed by atoms with Crippen LogP contribution in [0.2, 0.25) is 0 Å².